The van der Waals surface area contributed by atoms with Crippen LogP contribution in [0.25, 0.3) is 0 Å². The highest BCUT2D eigenvalue weighted by atomic mass is 35.5. The van der Waals surface area contributed by atoms with Crippen LogP contribution >= 0.6 is 11.6 Å². The van der Waals surface area contributed by atoms with E-state index in [9.17, 15) is 23.1 Å². The fourth-order valence-corrected chi connectivity index (χ4v) is 6.75. The first-order valence-electron chi connectivity index (χ1n) is 13.8. The third-order valence-electron chi connectivity index (χ3n) is 8.80. The minimum absolute atomic E-state index is 0.0211. The van der Waals surface area contributed by atoms with Crippen LogP contribution in [0.4, 0.5) is 13.2 Å². The van der Waals surface area contributed by atoms with Crippen molar-refractivity contribution in [1.82, 2.24) is 4.90 Å². The van der Waals surface area contributed by atoms with Gasteiger partial charge in [0.2, 0.25) is 0 Å². The predicted octanol–water partition coefficient (Wildman–Crippen LogP) is 7.76. The summed E-state index contributed by atoms with van der Waals surface area (Å²) in [6, 6.07) is 10.2. The van der Waals surface area contributed by atoms with Gasteiger partial charge >= 0.3 is 12.3 Å². The molecule has 2 aliphatic heterocycles. The molecule has 0 amide bonds. The molecule has 0 radical (unpaired) electrons. The highest BCUT2D eigenvalue weighted by Crippen LogP contribution is 2.49. The van der Waals surface area contributed by atoms with Crippen LogP contribution < -0.4 is 9.47 Å². The number of benzene rings is 2. The lowest BCUT2D eigenvalue weighted by Gasteiger charge is -2.46. The van der Waals surface area contributed by atoms with Crippen LogP contribution in [0.15, 0.2) is 36.4 Å². The standard InChI is InChI=1S/C30H35ClF3NO4/c1-3-24(23-17-22(31)8-9-25(23)39-30(32,33)34)35-14-12-29(13-15-35)11-10-19-4-7-21(16-26(19)38-29)27(20-5-6-20)18(2)28(36)37/h4,7-9,16-18,20,24,27H,3,5-6,10-15H2,1-2H3,(H,36,37). The van der Waals surface area contributed by atoms with E-state index in [2.05, 4.69) is 27.8 Å². The fourth-order valence-electron chi connectivity index (χ4n) is 6.57. The number of nitrogens with zero attached hydrogens (tertiary/aromatic N) is 1. The second kappa shape index (κ2) is 10.8. The number of hydrogen-bond donors (Lipinski definition) is 1. The first-order valence-corrected chi connectivity index (χ1v) is 14.2. The summed E-state index contributed by atoms with van der Waals surface area (Å²) in [6.45, 7) is 5.09. The van der Waals surface area contributed by atoms with Gasteiger partial charge in [-0.1, -0.05) is 37.6 Å². The minimum atomic E-state index is -4.78. The minimum Gasteiger partial charge on any atom is -0.487 e. The summed E-state index contributed by atoms with van der Waals surface area (Å²) >= 11 is 6.18. The number of aliphatic carboxylic acids is 1. The van der Waals surface area contributed by atoms with Gasteiger partial charge in [0, 0.05) is 29.7 Å². The van der Waals surface area contributed by atoms with Crippen molar-refractivity contribution in [2.24, 2.45) is 11.8 Å². The van der Waals surface area contributed by atoms with Crippen molar-refractivity contribution in [3.63, 3.8) is 0 Å². The Balaban J connectivity index is 1.32. The van der Waals surface area contributed by atoms with E-state index in [1.807, 2.05) is 6.92 Å². The Kier molecular flexibility index (Phi) is 7.81. The lowest BCUT2D eigenvalue weighted by Crippen LogP contribution is -2.50. The van der Waals surface area contributed by atoms with E-state index in [0.29, 0.717) is 36.0 Å². The van der Waals surface area contributed by atoms with Gasteiger partial charge in [0.15, 0.2) is 0 Å². The molecule has 3 atom stereocenters. The zero-order chi connectivity index (χ0) is 27.9. The van der Waals surface area contributed by atoms with Crippen LogP contribution in [-0.4, -0.2) is 41.0 Å². The van der Waals surface area contributed by atoms with E-state index in [-0.39, 0.29) is 23.3 Å². The molecular formula is C30H35ClF3NO4. The quantitative estimate of drug-likeness (QED) is 0.354. The number of piperidine rings is 1. The molecule has 1 N–H and O–H groups in total. The molecule has 3 unspecified atom stereocenters. The summed E-state index contributed by atoms with van der Waals surface area (Å²) in [4.78, 5) is 14.0. The number of hydrogen-bond acceptors (Lipinski definition) is 4. The van der Waals surface area contributed by atoms with Gasteiger partial charge in [-0.2, -0.15) is 0 Å². The zero-order valence-electron chi connectivity index (χ0n) is 22.3. The number of rotatable bonds is 8. The van der Waals surface area contributed by atoms with Gasteiger partial charge in [0.05, 0.1) is 5.92 Å². The van der Waals surface area contributed by atoms with Crippen molar-refractivity contribution in [3.05, 3.63) is 58.1 Å². The number of halogens is 4. The molecule has 39 heavy (non-hydrogen) atoms. The van der Waals surface area contributed by atoms with Crippen molar-refractivity contribution in [1.29, 1.82) is 0 Å². The van der Waals surface area contributed by atoms with Gasteiger partial charge in [-0.05, 0) is 92.2 Å². The predicted molar refractivity (Wildman–Crippen MR) is 142 cm³/mol. The molecule has 2 heterocycles. The van der Waals surface area contributed by atoms with Crippen molar-refractivity contribution in [2.45, 2.75) is 82.7 Å². The third kappa shape index (κ3) is 6.17. The molecular weight excluding hydrogens is 531 g/mol. The van der Waals surface area contributed by atoms with Crippen molar-refractivity contribution < 1.29 is 32.5 Å². The van der Waals surface area contributed by atoms with Gasteiger partial charge in [-0.15, -0.1) is 13.2 Å². The second-order valence-corrected chi connectivity index (χ2v) is 11.8. The SMILES string of the molecule is CCC(c1cc(Cl)ccc1OC(F)(F)F)N1CCC2(CCc3ccc(C(C4CC4)C(C)C(=O)O)cc3O2)CC1. The molecule has 2 aromatic carbocycles. The molecule has 5 rings (SSSR count). The van der Waals surface area contributed by atoms with Gasteiger partial charge in [-0.3, -0.25) is 9.69 Å². The van der Waals surface area contributed by atoms with Crippen LogP contribution in [0.5, 0.6) is 11.5 Å². The largest absolute Gasteiger partial charge is 0.573 e. The number of alkyl halides is 3. The molecule has 0 bridgehead atoms. The summed E-state index contributed by atoms with van der Waals surface area (Å²) in [5.41, 5.74) is 2.28. The number of likely N-dealkylation sites (tertiary alicyclic amines) is 1. The zero-order valence-corrected chi connectivity index (χ0v) is 23.0. The normalized spacial score (nSPS) is 21.5. The average Bonchev–Trinajstić information content (AvgIpc) is 3.71. The molecule has 212 valence electrons. The van der Waals surface area contributed by atoms with E-state index < -0.39 is 18.2 Å². The van der Waals surface area contributed by atoms with E-state index in [1.54, 1.807) is 13.0 Å². The highest BCUT2D eigenvalue weighted by molar-refractivity contribution is 6.30. The summed E-state index contributed by atoms with van der Waals surface area (Å²) in [6.07, 6.45) is 1.20. The third-order valence-corrected chi connectivity index (χ3v) is 9.04. The molecule has 3 aliphatic rings. The van der Waals surface area contributed by atoms with Gasteiger partial charge in [0.1, 0.15) is 17.1 Å². The molecule has 1 spiro atoms. The van der Waals surface area contributed by atoms with Crippen LogP contribution in [0.2, 0.25) is 5.02 Å². The molecule has 1 saturated carbocycles. The number of ether oxygens (including phenoxy) is 2. The van der Waals surface area contributed by atoms with Crippen LogP contribution in [0, 0.1) is 11.8 Å². The first kappa shape index (κ1) is 28.1. The van der Waals surface area contributed by atoms with Gasteiger partial charge in [0.25, 0.3) is 0 Å². The molecule has 1 saturated heterocycles. The molecule has 2 aromatic rings. The highest BCUT2D eigenvalue weighted by Gasteiger charge is 2.43. The fraction of sp³-hybridized carbons (Fsp3) is 0.567. The Labute approximate surface area is 232 Å². The van der Waals surface area contributed by atoms with Crippen LogP contribution in [0.3, 0.4) is 0 Å². The first-order chi connectivity index (χ1) is 18.5. The Bertz CT molecular complexity index is 1210. The van der Waals surface area contributed by atoms with E-state index >= 15 is 0 Å². The van der Waals surface area contributed by atoms with E-state index in [4.69, 9.17) is 16.3 Å². The summed E-state index contributed by atoms with van der Waals surface area (Å²) in [5, 5.41) is 10.1. The maximum absolute atomic E-state index is 13.1. The Morgan fingerprint density at radius 3 is 2.51 bits per heavy atom. The number of carboxylic acid groups (broad SMARTS) is 1. The smallest absolute Gasteiger partial charge is 0.487 e. The molecule has 9 heteroatoms. The summed E-state index contributed by atoms with van der Waals surface area (Å²) in [5.74, 6) is -0.220. The van der Waals surface area contributed by atoms with Crippen molar-refractivity contribution in [2.75, 3.05) is 13.1 Å². The number of carbonyl (C=O) groups is 1. The van der Waals surface area contributed by atoms with Gasteiger partial charge in [-0.25, -0.2) is 0 Å². The summed E-state index contributed by atoms with van der Waals surface area (Å²) < 4.78 is 50.3. The number of fused-ring (bicyclic) bond motifs is 1. The topological polar surface area (TPSA) is 59.0 Å². The van der Waals surface area contributed by atoms with Crippen molar-refractivity contribution in [3.8, 4) is 11.5 Å². The Hall–Kier alpha value is -2.45. The maximum atomic E-state index is 13.1. The van der Waals surface area contributed by atoms with E-state index in [1.165, 1.54) is 12.1 Å². The molecule has 0 aromatic heterocycles. The van der Waals surface area contributed by atoms with Gasteiger partial charge < -0.3 is 14.6 Å². The molecule has 5 nitrogen and oxygen atoms in total. The lowest BCUT2D eigenvalue weighted by molar-refractivity contribution is -0.275. The Morgan fingerprint density at radius 2 is 1.90 bits per heavy atom. The Morgan fingerprint density at radius 1 is 1.18 bits per heavy atom. The average molecular weight is 566 g/mol. The summed E-state index contributed by atoms with van der Waals surface area (Å²) in [7, 11) is 0. The van der Waals surface area contributed by atoms with Crippen molar-refractivity contribution >= 4 is 17.6 Å². The number of aryl methyl sites for hydroxylation is 1. The number of carboxylic acids is 1. The molecule has 2 fully saturated rings. The molecule has 1 aliphatic carbocycles. The monoisotopic (exact) mass is 565 g/mol. The lowest BCUT2D eigenvalue weighted by atomic mass is 9.80. The van der Waals surface area contributed by atoms with E-state index in [0.717, 1.165) is 55.4 Å². The second-order valence-electron chi connectivity index (χ2n) is 11.3. The van der Waals surface area contributed by atoms with Crippen LogP contribution in [0.1, 0.15) is 81.0 Å². The maximum Gasteiger partial charge on any atom is 0.573 e. The van der Waals surface area contributed by atoms with Crippen LogP contribution in [-0.2, 0) is 11.2 Å².